The number of sulfone groups is 1. The molecule has 0 N–H and O–H groups in total. The molecular formula is C12H14BrNO4S. The molecule has 104 valence electrons. The van der Waals surface area contributed by atoms with E-state index in [1.165, 1.54) is 0 Å². The number of hydrogen-bond acceptors (Lipinski definition) is 4. The molecule has 19 heavy (non-hydrogen) atoms. The summed E-state index contributed by atoms with van der Waals surface area (Å²) in [7, 11) is -1.42. The Morgan fingerprint density at radius 2 is 1.95 bits per heavy atom. The molecule has 2 rings (SSSR count). The van der Waals surface area contributed by atoms with Crippen molar-refractivity contribution in [3.63, 3.8) is 0 Å². The van der Waals surface area contributed by atoms with Crippen LogP contribution in [0.2, 0.25) is 0 Å². The Labute approximate surface area is 120 Å². The number of ether oxygens (including phenoxy) is 1. The van der Waals surface area contributed by atoms with Gasteiger partial charge in [0.1, 0.15) is 5.75 Å². The van der Waals surface area contributed by atoms with Crippen molar-refractivity contribution in [1.82, 2.24) is 4.90 Å². The van der Waals surface area contributed by atoms with E-state index < -0.39 is 9.84 Å². The molecule has 1 amide bonds. The van der Waals surface area contributed by atoms with Gasteiger partial charge in [-0.2, -0.15) is 0 Å². The zero-order valence-corrected chi connectivity index (χ0v) is 12.8. The van der Waals surface area contributed by atoms with Crippen LogP contribution in [0.4, 0.5) is 0 Å². The maximum atomic E-state index is 12.3. The second-order valence-electron chi connectivity index (χ2n) is 4.29. The van der Waals surface area contributed by atoms with Gasteiger partial charge in [-0.3, -0.25) is 4.79 Å². The first kappa shape index (κ1) is 14.3. The summed E-state index contributed by atoms with van der Waals surface area (Å²) in [4.78, 5) is 13.9. The molecule has 0 spiro atoms. The van der Waals surface area contributed by atoms with Crippen molar-refractivity contribution in [2.75, 3.05) is 31.7 Å². The molecule has 0 saturated carbocycles. The van der Waals surface area contributed by atoms with Crippen LogP contribution >= 0.6 is 15.9 Å². The van der Waals surface area contributed by atoms with Crippen molar-refractivity contribution in [1.29, 1.82) is 0 Å². The molecule has 7 heteroatoms. The topological polar surface area (TPSA) is 63.7 Å². The van der Waals surface area contributed by atoms with Crippen molar-refractivity contribution in [3.05, 3.63) is 28.2 Å². The minimum absolute atomic E-state index is 0.0342. The fourth-order valence-corrected chi connectivity index (χ4v) is 3.61. The van der Waals surface area contributed by atoms with Crippen LogP contribution in [-0.4, -0.2) is 50.9 Å². The predicted molar refractivity (Wildman–Crippen MR) is 75.3 cm³/mol. The van der Waals surface area contributed by atoms with Crippen LogP contribution in [0.5, 0.6) is 5.75 Å². The lowest BCUT2D eigenvalue weighted by Gasteiger charge is -2.27. The molecule has 0 radical (unpaired) electrons. The van der Waals surface area contributed by atoms with Crippen LogP contribution in [0.25, 0.3) is 0 Å². The van der Waals surface area contributed by atoms with Crippen LogP contribution in [-0.2, 0) is 9.84 Å². The van der Waals surface area contributed by atoms with Gasteiger partial charge in [0, 0.05) is 17.6 Å². The predicted octanol–water partition coefficient (Wildman–Crippen LogP) is 1.33. The monoisotopic (exact) mass is 347 g/mol. The smallest absolute Gasteiger partial charge is 0.255 e. The van der Waals surface area contributed by atoms with Crippen LogP contribution < -0.4 is 4.74 Å². The van der Waals surface area contributed by atoms with Gasteiger partial charge in [-0.1, -0.05) is 0 Å². The average molecular weight is 348 g/mol. The third-order valence-corrected chi connectivity index (χ3v) is 5.30. The average Bonchev–Trinajstić information content (AvgIpc) is 2.37. The first-order chi connectivity index (χ1) is 8.93. The van der Waals surface area contributed by atoms with E-state index in [1.807, 2.05) is 0 Å². The summed E-state index contributed by atoms with van der Waals surface area (Å²) in [6.45, 7) is 0.499. The van der Waals surface area contributed by atoms with Crippen LogP contribution in [0, 0.1) is 0 Å². The second-order valence-corrected chi connectivity index (χ2v) is 7.45. The highest BCUT2D eigenvalue weighted by Gasteiger charge is 2.26. The number of carbonyl (C=O) groups is 1. The molecule has 1 fully saturated rings. The summed E-state index contributed by atoms with van der Waals surface area (Å²) in [6, 6.07) is 5.10. The molecule has 0 aromatic heterocycles. The number of rotatable bonds is 2. The minimum Gasteiger partial charge on any atom is -0.497 e. The summed E-state index contributed by atoms with van der Waals surface area (Å²) in [5.74, 6) is 0.563. The lowest BCUT2D eigenvalue weighted by atomic mass is 10.2. The Balaban J connectivity index is 2.16. The van der Waals surface area contributed by atoms with Gasteiger partial charge in [-0.25, -0.2) is 8.42 Å². The van der Waals surface area contributed by atoms with Gasteiger partial charge in [0.2, 0.25) is 0 Å². The Kier molecular flexibility index (Phi) is 4.15. The Morgan fingerprint density at radius 3 is 2.47 bits per heavy atom. The van der Waals surface area contributed by atoms with Crippen LogP contribution in [0.3, 0.4) is 0 Å². The summed E-state index contributed by atoms with van der Waals surface area (Å²) in [5, 5.41) is 0. The molecule has 0 unspecified atom stereocenters. The summed E-state index contributed by atoms with van der Waals surface area (Å²) in [6.07, 6.45) is 0. The summed E-state index contributed by atoms with van der Waals surface area (Å²) in [5.41, 5.74) is 0.514. The number of hydrogen-bond donors (Lipinski definition) is 0. The molecular weight excluding hydrogens is 334 g/mol. The number of halogens is 1. The van der Waals surface area contributed by atoms with Crippen molar-refractivity contribution in [2.45, 2.75) is 0 Å². The molecule has 0 aliphatic carbocycles. The van der Waals surface area contributed by atoms with E-state index in [4.69, 9.17) is 4.74 Å². The van der Waals surface area contributed by atoms with E-state index in [-0.39, 0.29) is 30.5 Å². The third-order valence-electron chi connectivity index (χ3n) is 3.04. The zero-order chi connectivity index (χ0) is 14.0. The number of benzene rings is 1. The molecule has 0 bridgehead atoms. The van der Waals surface area contributed by atoms with Gasteiger partial charge in [0.25, 0.3) is 5.91 Å². The molecule has 1 aliphatic rings. The van der Waals surface area contributed by atoms with Gasteiger partial charge in [-0.15, -0.1) is 0 Å². The van der Waals surface area contributed by atoms with Gasteiger partial charge in [0.05, 0.1) is 24.2 Å². The van der Waals surface area contributed by atoms with E-state index in [9.17, 15) is 13.2 Å². The van der Waals surface area contributed by atoms with Gasteiger partial charge in [0.15, 0.2) is 9.84 Å². The highest BCUT2D eigenvalue weighted by Crippen LogP contribution is 2.24. The zero-order valence-electron chi connectivity index (χ0n) is 10.4. The van der Waals surface area contributed by atoms with Crippen LogP contribution in [0.15, 0.2) is 22.7 Å². The van der Waals surface area contributed by atoms with Crippen molar-refractivity contribution in [3.8, 4) is 5.75 Å². The first-order valence-corrected chi connectivity index (χ1v) is 8.37. The van der Waals surface area contributed by atoms with Gasteiger partial charge in [-0.05, 0) is 34.1 Å². The highest BCUT2D eigenvalue weighted by atomic mass is 79.9. The molecule has 5 nitrogen and oxygen atoms in total. The molecule has 1 aromatic rings. The van der Waals surface area contributed by atoms with Crippen LogP contribution in [0.1, 0.15) is 10.4 Å². The summed E-state index contributed by atoms with van der Waals surface area (Å²) >= 11 is 3.33. The molecule has 1 aromatic carbocycles. The minimum atomic E-state index is -2.98. The van der Waals surface area contributed by atoms with Crippen molar-refractivity contribution < 1.29 is 17.9 Å². The molecule has 1 aliphatic heterocycles. The number of carbonyl (C=O) groups excluding carboxylic acids is 1. The summed E-state index contributed by atoms with van der Waals surface area (Å²) < 4.78 is 28.4. The van der Waals surface area contributed by atoms with Gasteiger partial charge < -0.3 is 9.64 Å². The maximum absolute atomic E-state index is 12.3. The number of methoxy groups -OCH3 is 1. The lowest BCUT2D eigenvalue weighted by Crippen LogP contribution is -2.43. The fraction of sp³-hybridized carbons (Fsp3) is 0.417. The third kappa shape index (κ3) is 3.27. The quantitative estimate of drug-likeness (QED) is 0.809. The second kappa shape index (κ2) is 5.50. The number of nitrogens with zero attached hydrogens (tertiary/aromatic N) is 1. The lowest BCUT2D eigenvalue weighted by molar-refractivity contribution is 0.0769. The first-order valence-electron chi connectivity index (χ1n) is 5.76. The van der Waals surface area contributed by atoms with E-state index in [2.05, 4.69) is 15.9 Å². The molecule has 0 atom stereocenters. The van der Waals surface area contributed by atoms with Crippen molar-refractivity contribution >= 4 is 31.7 Å². The van der Waals surface area contributed by atoms with E-state index in [0.717, 1.165) is 0 Å². The molecule has 1 saturated heterocycles. The Morgan fingerprint density at radius 1 is 1.32 bits per heavy atom. The normalized spacial score (nSPS) is 18.1. The highest BCUT2D eigenvalue weighted by molar-refractivity contribution is 9.10. The standard InChI is InChI=1S/C12H14BrNO4S/c1-18-9-2-3-10(11(13)8-9)12(15)14-4-6-19(16,17)7-5-14/h2-3,8H,4-7H2,1H3. The van der Waals surface area contributed by atoms with E-state index in [0.29, 0.717) is 15.8 Å². The van der Waals surface area contributed by atoms with E-state index in [1.54, 1.807) is 30.2 Å². The SMILES string of the molecule is COc1ccc(C(=O)N2CCS(=O)(=O)CC2)c(Br)c1. The number of amides is 1. The maximum Gasteiger partial charge on any atom is 0.255 e. The largest absolute Gasteiger partial charge is 0.497 e. The van der Waals surface area contributed by atoms with Gasteiger partial charge >= 0.3 is 0 Å². The fourth-order valence-electron chi connectivity index (χ4n) is 1.88. The van der Waals surface area contributed by atoms with Crippen molar-refractivity contribution in [2.24, 2.45) is 0 Å². The van der Waals surface area contributed by atoms with E-state index >= 15 is 0 Å². The Hall–Kier alpha value is -1.08. The molecule has 1 heterocycles. The Bertz CT molecular complexity index is 586.